The van der Waals surface area contributed by atoms with Crippen LogP contribution in [0.4, 0.5) is 17.6 Å². The highest BCUT2D eigenvalue weighted by atomic mass is 19.4. The zero-order valence-electron chi connectivity index (χ0n) is 10.8. The molecule has 0 spiro atoms. The molecule has 1 rings (SSSR count). The molecular formula is C12H12F4N2O3. The van der Waals surface area contributed by atoms with Gasteiger partial charge in [-0.15, -0.1) is 0 Å². The molecule has 116 valence electrons. The highest BCUT2D eigenvalue weighted by Crippen LogP contribution is 2.30. The minimum Gasteiger partial charge on any atom is -0.480 e. The van der Waals surface area contributed by atoms with Crippen molar-refractivity contribution in [1.82, 2.24) is 5.32 Å². The molecule has 0 aliphatic rings. The molecule has 0 aromatic heterocycles. The number of hydrogen-bond acceptors (Lipinski definition) is 3. The van der Waals surface area contributed by atoms with Crippen molar-refractivity contribution >= 4 is 11.9 Å². The Hall–Kier alpha value is -2.16. The number of carboxylic acid groups (broad SMARTS) is 1. The van der Waals surface area contributed by atoms with Crippen LogP contribution in [0.15, 0.2) is 18.2 Å². The Kier molecular flexibility index (Phi) is 4.57. The summed E-state index contributed by atoms with van der Waals surface area (Å²) in [6.07, 6.45) is -5.07. The van der Waals surface area contributed by atoms with Crippen LogP contribution in [0.5, 0.6) is 0 Å². The molecule has 1 aromatic rings. The van der Waals surface area contributed by atoms with Crippen LogP contribution in [-0.2, 0) is 11.3 Å². The molecular weight excluding hydrogens is 296 g/mol. The lowest BCUT2D eigenvalue weighted by molar-refractivity contribution is -0.206. The van der Waals surface area contributed by atoms with Crippen LogP contribution in [0.25, 0.3) is 0 Å². The number of benzene rings is 1. The molecule has 0 fully saturated rings. The van der Waals surface area contributed by atoms with Gasteiger partial charge in [0.25, 0.3) is 0 Å². The average molecular weight is 308 g/mol. The molecule has 0 aliphatic carbocycles. The van der Waals surface area contributed by atoms with Crippen LogP contribution >= 0.6 is 0 Å². The summed E-state index contributed by atoms with van der Waals surface area (Å²) in [6, 6.07) is 2.96. The molecule has 1 amide bonds. The number of carbonyl (C=O) groups is 2. The number of nitrogens with two attached hydrogens (primary N) is 1. The van der Waals surface area contributed by atoms with Gasteiger partial charge in [-0.2, -0.15) is 13.2 Å². The summed E-state index contributed by atoms with van der Waals surface area (Å²) in [5, 5.41) is 10.5. The Morgan fingerprint density at radius 1 is 1.33 bits per heavy atom. The van der Waals surface area contributed by atoms with Gasteiger partial charge in [0.15, 0.2) is 0 Å². The van der Waals surface area contributed by atoms with Gasteiger partial charge in [0.05, 0.1) is 0 Å². The monoisotopic (exact) mass is 308 g/mol. The molecule has 0 radical (unpaired) electrons. The van der Waals surface area contributed by atoms with E-state index in [0.29, 0.717) is 6.92 Å². The number of carbonyl (C=O) groups excluding carboxylic acids is 1. The zero-order valence-corrected chi connectivity index (χ0v) is 10.8. The van der Waals surface area contributed by atoms with Crippen molar-refractivity contribution < 1.29 is 32.3 Å². The van der Waals surface area contributed by atoms with Crippen molar-refractivity contribution in [3.63, 3.8) is 0 Å². The predicted octanol–water partition coefficient (Wildman–Crippen LogP) is 1.42. The van der Waals surface area contributed by atoms with Gasteiger partial charge >= 0.3 is 12.1 Å². The third-order valence-corrected chi connectivity index (χ3v) is 2.96. The molecule has 0 saturated carbocycles. The lowest BCUT2D eigenvalue weighted by Gasteiger charge is -2.28. The van der Waals surface area contributed by atoms with Gasteiger partial charge in [-0.05, 0) is 19.1 Å². The maximum atomic E-state index is 13.6. The number of hydrogen-bond donors (Lipinski definition) is 3. The highest BCUT2D eigenvalue weighted by Gasteiger charge is 2.57. The summed E-state index contributed by atoms with van der Waals surface area (Å²) in [7, 11) is 0. The minimum absolute atomic E-state index is 0.145. The van der Waals surface area contributed by atoms with Crippen LogP contribution < -0.4 is 11.1 Å². The largest absolute Gasteiger partial charge is 0.480 e. The predicted molar refractivity (Wildman–Crippen MR) is 63.9 cm³/mol. The van der Waals surface area contributed by atoms with Crippen LogP contribution in [0.3, 0.4) is 0 Å². The van der Waals surface area contributed by atoms with Crippen molar-refractivity contribution in [1.29, 1.82) is 0 Å². The number of carboxylic acids is 1. The summed E-state index contributed by atoms with van der Waals surface area (Å²) < 4.78 is 51.8. The zero-order chi connectivity index (χ0) is 16.4. The van der Waals surface area contributed by atoms with Crippen LogP contribution in [0.2, 0.25) is 0 Å². The Bertz CT molecular complexity index is 574. The van der Waals surface area contributed by atoms with E-state index in [9.17, 15) is 27.2 Å². The maximum Gasteiger partial charge on any atom is 0.417 e. The second-order valence-electron chi connectivity index (χ2n) is 4.45. The second-order valence-corrected chi connectivity index (χ2v) is 4.45. The summed E-state index contributed by atoms with van der Waals surface area (Å²) >= 11 is 0. The van der Waals surface area contributed by atoms with E-state index in [1.165, 1.54) is 0 Å². The molecule has 1 atom stereocenters. The van der Waals surface area contributed by atoms with Gasteiger partial charge in [-0.3, -0.25) is 10.1 Å². The van der Waals surface area contributed by atoms with Crippen molar-refractivity contribution in [2.75, 3.05) is 0 Å². The standard InChI is InChI=1S/C12H12F4N2O3/c1-11(10(20)21,12(14,15)16)18-5-7-3-2-6(9(17)19)4-8(7)13/h2-4,18H,5H2,1H3,(H2,17,19)(H,20,21). The first-order valence-electron chi connectivity index (χ1n) is 5.62. The fourth-order valence-electron chi connectivity index (χ4n) is 1.41. The van der Waals surface area contributed by atoms with E-state index in [1.54, 1.807) is 5.32 Å². The topological polar surface area (TPSA) is 92.4 Å². The highest BCUT2D eigenvalue weighted by molar-refractivity contribution is 5.92. The molecule has 0 heterocycles. The minimum atomic E-state index is -5.07. The van der Waals surface area contributed by atoms with E-state index in [2.05, 4.69) is 0 Å². The van der Waals surface area contributed by atoms with Gasteiger partial charge < -0.3 is 10.8 Å². The van der Waals surface area contributed by atoms with E-state index in [4.69, 9.17) is 10.8 Å². The van der Waals surface area contributed by atoms with E-state index < -0.39 is 36.0 Å². The summed E-state index contributed by atoms with van der Waals surface area (Å²) in [5.41, 5.74) is 1.33. The third-order valence-electron chi connectivity index (χ3n) is 2.96. The van der Waals surface area contributed by atoms with Gasteiger partial charge in [0.2, 0.25) is 11.4 Å². The molecule has 0 bridgehead atoms. The number of rotatable bonds is 5. The number of aliphatic carboxylic acids is 1. The first kappa shape index (κ1) is 16.9. The van der Waals surface area contributed by atoms with Crippen molar-refractivity contribution in [2.45, 2.75) is 25.2 Å². The van der Waals surface area contributed by atoms with Gasteiger partial charge in [0, 0.05) is 17.7 Å². The quantitative estimate of drug-likeness (QED) is 0.717. The Morgan fingerprint density at radius 3 is 2.29 bits per heavy atom. The van der Waals surface area contributed by atoms with Crippen LogP contribution in [0.1, 0.15) is 22.8 Å². The first-order chi connectivity index (χ1) is 9.49. The number of halogens is 4. The third kappa shape index (κ3) is 3.48. The van der Waals surface area contributed by atoms with Crippen LogP contribution in [-0.4, -0.2) is 28.7 Å². The fraction of sp³-hybridized carbons (Fsp3) is 0.333. The first-order valence-corrected chi connectivity index (χ1v) is 5.62. The smallest absolute Gasteiger partial charge is 0.417 e. The Labute approximate surface area is 116 Å². The lowest BCUT2D eigenvalue weighted by Crippen LogP contribution is -2.59. The maximum absolute atomic E-state index is 13.6. The van der Waals surface area contributed by atoms with Crippen molar-refractivity contribution in [2.24, 2.45) is 5.73 Å². The Balaban J connectivity index is 2.97. The molecule has 0 saturated heterocycles. The van der Waals surface area contributed by atoms with Crippen molar-refractivity contribution in [3.8, 4) is 0 Å². The van der Waals surface area contributed by atoms with Crippen LogP contribution in [0, 0.1) is 5.82 Å². The van der Waals surface area contributed by atoms with E-state index in [1.807, 2.05) is 0 Å². The SMILES string of the molecule is CC(NCc1ccc(C(N)=O)cc1F)(C(=O)O)C(F)(F)F. The van der Waals surface area contributed by atoms with E-state index in [-0.39, 0.29) is 11.1 Å². The average Bonchev–Trinajstić information content (AvgIpc) is 2.34. The molecule has 0 aliphatic heterocycles. The molecule has 21 heavy (non-hydrogen) atoms. The lowest BCUT2D eigenvalue weighted by atomic mass is 10.0. The van der Waals surface area contributed by atoms with E-state index in [0.717, 1.165) is 18.2 Å². The normalized spacial score (nSPS) is 14.5. The summed E-state index contributed by atoms with van der Waals surface area (Å²) in [6.45, 7) is -0.252. The summed E-state index contributed by atoms with van der Waals surface area (Å²) in [4.78, 5) is 21.6. The molecule has 1 aromatic carbocycles. The number of alkyl halides is 3. The summed E-state index contributed by atoms with van der Waals surface area (Å²) in [5.74, 6) is -3.99. The van der Waals surface area contributed by atoms with E-state index >= 15 is 0 Å². The van der Waals surface area contributed by atoms with Crippen molar-refractivity contribution in [3.05, 3.63) is 35.1 Å². The molecule has 1 unspecified atom stereocenters. The second kappa shape index (κ2) is 5.68. The van der Waals surface area contributed by atoms with Gasteiger partial charge in [-0.1, -0.05) is 6.07 Å². The number of amides is 1. The van der Waals surface area contributed by atoms with Gasteiger partial charge in [-0.25, -0.2) is 9.18 Å². The Morgan fingerprint density at radius 2 is 1.90 bits per heavy atom. The van der Waals surface area contributed by atoms with Gasteiger partial charge in [0.1, 0.15) is 5.82 Å². The molecule has 4 N–H and O–H groups in total. The fourth-order valence-corrected chi connectivity index (χ4v) is 1.41. The number of nitrogens with one attached hydrogen (secondary N) is 1. The molecule has 5 nitrogen and oxygen atoms in total. The number of primary amides is 1. The molecule has 9 heteroatoms.